The van der Waals surface area contributed by atoms with Crippen molar-refractivity contribution in [3.63, 3.8) is 0 Å². The predicted octanol–water partition coefficient (Wildman–Crippen LogP) is 3.19. The van der Waals surface area contributed by atoms with Gasteiger partial charge in [0.1, 0.15) is 11.6 Å². The van der Waals surface area contributed by atoms with Gasteiger partial charge in [-0.2, -0.15) is 0 Å². The number of aryl methyl sites for hydroxylation is 1. The summed E-state index contributed by atoms with van der Waals surface area (Å²) in [5, 5.41) is 0. The third kappa shape index (κ3) is 1.74. The molecule has 0 unspecified atom stereocenters. The van der Waals surface area contributed by atoms with Gasteiger partial charge in [0.05, 0.1) is 16.7 Å². The maximum absolute atomic E-state index is 13.9. The third-order valence-electron chi connectivity index (χ3n) is 3.06. The van der Waals surface area contributed by atoms with Gasteiger partial charge in [0.25, 0.3) is 0 Å². The lowest BCUT2D eigenvalue weighted by molar-refractivity contribution is 0.594. The molecule has 5 heteroatoms. The van der Waals surface area contributed by atoms with E-state index in [-0.39, 0.29) is 11.6 Å². The first kappa shape index (κ1) is 11.6. The van der Waals surface area contributed by atoms with E-state index in [1.165, 1.54) is 4.57 Å². The molecule has 2 aromatic carbocycles. The quantitative estimate of drug-likeness (QED) is 0.729. The molecule has 0 fully saturated rings. The highest BCUT2D eigenvalue weighted by molar-refractivity contribution is 5.83. The summed E-state index contributed by atoms with van der Waals surface area (Å²) in [6.45, 7) is 1.89. The second-order valence-corrected chi connectivity index (χ2v) is 4.34. The molecule has 1 heterocycles. The van der Waals surface area contributed by atoms with Gasteiger partial charge in [-0.15, -0.1) is 0 Å². The Kier molecular flexibility index (Phi) is 2.48. The second kappa shape index (κ2) is 4.05. The number of nitrogen functional groups attached to an aromatic ring is 1. The zero-order valence-electron chi connectivity index (χ0n) is 10.2. The molecule has 2 N–H and O–H groups in total. The van der Waals surface area contributed by atoms with Crippen LogP contribution in [0.1, 0.15) is 5.56 Å². The van der Waals surface area contributed by atoms with Crippen LogP contribution in [0.5, 0.6) is 0 Å². The monoisotopic (exact) mass is 259 g/mol. The van der Waals surface area contributed by atoms with Gasteiger partial charge in [0.15, 0.2) is 0 Å². The van der Waals surface area contributed by atoms with E-state index < -0.39 is 11.6 Å². The van der Waals surface area contributed by atoms with Crippen LogP contribution < -0.4 is 5.73 Å². The zero-order chi connectivity index (χ0) is 13.6. The van der Waals surface area contributed by atoms with Crippen LogP contribution in [0.3, 0.4) is 0 Å². The standard InChI is InChI=1S/C14H11F2N3/c1-8-3-2-4-11-13(8)18-14(17)19(11)12-7-9(15)5-6-10(12)16/h2-7H,1H3,(H2,17,18). The van der Waals surface area contributed by atoms with E-state index in [2.05, 4.69) is 4.98 Å². The molecule has 0 radical (unpaired) electrons. The Morgan fingerprint density at radius 2 is 1.95 bits per heavy atom. The molecule has 0 bridgehead atoms. The lowest BCUT2D eigenvalue weighted by Crippen LogP contribution is -2.03. The van der Waals surface area contributed by atoms with E-state index in [1.54, 1.807) is 6.07 Å². The molecule has 0 aliphatic carbocycles. The first-order chi connectivity index (χ1) is 9.08. The Bertz CT molecular complexity index is 778. The van der Waals surface area contributed by atoms with Gasteiger partial charge in [-0.1, -0.05) is 12.1 Å². The number of hydrogen-bond donors (Lipinski definition) is 1. The molecule has 3 rings (SSSR count). The maximum Gasteiger partial charge on any atom is 0.206 e. The fourth-order valence-electron chi connectivity index (χ4n) is 2.17. The fraction of sp³-hybridized carbons (Fsp3) is 0.0714. The van der Waals surface area contributed by atoms with Crippen LogP contribution in [0.15, 0.2) is 36.4 Å². The van der Waals surface area contributed by atoms with Crippen LogP contribution in [-0.2, 0) is 0 Å². The number of anilines is 1. The maximum atomic E-state index is 13.9. The van der Waals surface area contributed by atoms with Gasteiger partial charge in [-0.05, 0) is 30.7 Å². The number of nitrogens with zero attached hydrogens (tertiary/aromatic N) is 2. The average Bonchev–Trinajstić information content (AvgIpc) is 2.70. The largest absolute Gasteiger partial charge is 0.369 e. The molecule has 0 saturated heterocycles. The Labute approximate surface area is 108 Å². The molecule has 0 atom stereocenters. The molecule has 3 nitrogen and oxygen atoms in total. The summed E-state index contributed by atoms with van der Waals surface area (Å²) >= 11 is 0. The third-order valence-corrected chi connectivity index (χ3v) is 3.06. The van der Waals surface area contributed by atoms with Gasteiger partial charge in [-0.25, -0.2) is 13.8 Å². The first-order valence-electron chi connectivity index (χ1n) is 5.77. The van der Waals surface area contributed by atoms with E-state index >= 15 is 0 Å². The summed E-state index contributed by atoms with van der Waals surface area (Å²) in [5.74, 6) is -0.937. The number of hydrogen-bond acceptors (Lipinski definition) is 2. The van der Waals surface area contributed by atoms with E-state index in [0.29, 0.717) is 11.0 Å². The SMILES string of the molecule is Cc1cccc2c1nc(N)n2-c1cc(F)ccc1F. The molecule has 3 aromatic rings. The van der Waals surface area contributed by atoms with Crippen molar-refractivity contribution in [3.05, 3.63) is 53.6 Å². The van der Waals surface area contributed by atoms with Crippen LogP contribution >= 0.6 is 0 Å². The van der Waals surface area contributed by atoms with Crippen LogP contribution in [0.25, 0.3) is 16.7 Å². The molecular formula is C14H11F2N3. The van der Waals surface area contributed by atoms with Gasteiger partial charge >= 0.3 is 0 Å². The van der Waals surface area contributed by atoms with Crippen LogP contribution in [0, 0.1) is 18.6 Å². The summed E-state index contributed by atoms with van der Waals surface area (Å²) in [4.78, 5) is 4.21. The molecule has 0 aliphatic heterocycles. The van der Waals surface area contributed by atoms with Crippen molar-refractivity contribution >= 4 is 17.0 Å². The molecule has 19 heavy (non-hydrogen) atoms. The highest BCUT2D eigenvalue weighted by atomic mass is 19.1. The summed E-state index contributed by atoms with van der Waals surface area (Å²) in [6.07, 6.45) is 0. The van der Waals surface area contributed by atoms with Crippen molar-refractivity contribution < 1.29 is 8.78 Å². The minimum Gasteiger partial charge on any atom is -0.369 e. The van der Waals surface area contributed by atoms with E-state index in [0.717, 1.165) is 23.8 Å². The molecule has 0 saturated carbocycles. The fourth-order valence-corrected chi connectivity index (χ4v) is 2.17. The first-order valence-corrected chi connectivity index (χ1v) is 5.77. The Hall–Kier alpha value is -2.43. The highest BCUT2D eigenvalue weighted by Crippen LogP contribution is 2.26. The van der Waals surface area contributed by atoms with Crippen molar-refractivity contribution in [2.75, 3.05) is 5.73 Å². The molecular weight excluding hydrogens is 248 g/mol. The second-order valence-electron chi connectivity index (χ2n) is 4.34. The van der Waals surface area contributed by atoms with Crippen molar-refractivity contribution in [3.8, 4) is 5.69 Å². The lowest BCUT2D eigenvalue weighted by atomic mass is 10.2. The van der Waals surface area contributed by atoms with Crippen LogP contribution in [0.4, 0.5) is 14.7 Å². The van der Waals surface area contributed by atoms with E-state index in [9.17, 15) is 8.78 Å². The topological polar surface area (TPSA) is 43.8 Å². The zero-order valence-corrected chi connectivity index (χ0v) is 10.2. The molecule has 96 valence electrons. The van der Waals surface area contributed by atoms with Crippen molar-refractivity contribution in [2.24, 2.45) is 0 Å². The Morgan fingerprint density at radius 3 is 2.74 bits per heavy atom. The number of nitrogens with two attached hydrogens (primary N) is 1. The summed E-state index contributed by atoms with van der Waals surface area (Å²) < 4.78 is 28.6. The number of fused-ring (bicyclic) bond motifs is 1. The Balaban J connectivity index is 2.39. The van der Waals surface area contributed by atoms with E-state index in [1.807, 2.05) is 19.1 Å². The molecule has 0 spiro atoms. The van der Waals surface area contributed by atoms with Crippen LogP contribution in [-0.4, -0.2) is 9.55 Å². The van der Waals surface area contributed by atoms with Crippen LogP contribution in [0.2, 0.25) is 0 Å². The minimum atomic E-state index is -0.547. The minimum absolute atomic E-state index is 0.0607. The average molecular weight is 259 g/mol. The predicted molar refractivity (Wildman–Crippen MR) is 70.1 cm³/mol. The number of imidazole rings is 1. The van der Waals surface area contributed by atoms with Gasteiger partial charge in [0.2, 0.25) is 5.95 Å². The van der Waals surface area contributed by atoms with Gasteiger partial charge < -0.3 is 5.73 Å². The summed E-state index contributed by atoms with van der Waals surface area (Å²) in [6, 6.07) is 8.74. The van der Waals surface area contributed by atoms with E-state index in [4.69, 9.17) is 5.73 Å². The molecule has 0 aliphatic rings. The van der Waals surface area contributed by atoms with Crippen molar-refractivity contribution in [2.45, 2.75) is 6.92 Å². The van der Waals surface area contributed by atoms with Crippen molar-refractivity contribution in [1.82, 2.24) is 9.55 Å². The molecule has 1 aromatic heterocycles. The van der Waals surface area contributed by atoms with Crippen molar-refractivity contribution in [1.29, 1.82) is 0 Å². The number of rotatable bonds is 1. The number of halogens is 2. The van der Waals surface area contributed by atoms with Gasteiger partial charge in [-0.3, -0.25) is 4.57 Å². The van der Waals surface area contributed by atoms with Gasteiger partial charge in [0, 0.05) is 6.07 Å². The normalized spacial score (nSPS) is 11.1. The number of benzene rings is 2. The lowest BCUT2D eigenvalue weighted by Gasteiger charge is -2.08. The highest BCUT2D eigenvalue weighted by Gasteiger charge is 2.15. The number of para-hydroxylation sites is 1. The smallest absolute Gasteiger partial charge is 0.206 e. The number of aromatic nitrogens is 2. The summed E-state index contributed by atoms with van der Waals surface area (Å²) in [5.41, 5.74) is 8.17. The molecule has 0 amide bonds. The summed E-state index contributed by atoms with van der Waals surface area (Å²) in [7, 11) is 0. The Morgan fingerprint density at radius 1 is 1.16 bits per heavy atom.